The Bertz CT molecular complexity index is 293. The third-order valence-corrected chi connectivity index (χ3v) is 2.64. The van der Waals surface area contributed by atoms with Gasteiger partial charge in [-0.05, 0) is 0 Å². The summed E-state index contributed by atoms with van der Waals surface area (Å²) in [5.41, 5.74) is 0. The summed E-state index contributed by atoms with van der Waals surface area (Å²) >= 11 is 0. The first-order valence-electron chi connectivity index (χ1n) is 6.31. The van der Waals surface area contributed by atoms with Crippen LogP contribution in [0, 0.1) is 0 Å². The van der Waals surface area contributed by atoms with E-state index in [4.69, 9.17) is 9.47 Å². The van der Waals surface area contributed by atoms with E-state index in [0.717, 1.165) is 42.6 Å². The van der Waals surface area contributed by atoms with E-state index in [9.17, 15) is 9.59 Å². The number of quaternary nitrogens is 1. The zero-order valence-electron chi connectivity index (χ0n) is 11.9. The Morgan fingerprint density at radius 2 is 1.32 bits per heavy atom. The molecule has 0 spiro atoms. The van der Waals surface area contributed by atoms with Gasteiger partial charge in [-0.1, -0.05) is 13.2 Å². The number of hydrogen-bond donors (Lipinski definition) is 0. The van der Waals surface area contributed by atoms with Gasteiger partial charge >= 0.3 is 11.9 Å². The minimum Gasteiger partial charge on any atom is -0.462 e. The number of rotatable bonds is 10. The van der Waals surface area contributed by atoms with Crippen LogP contribution in [-0.4, -0.2) is 56.8 Å². The van der Waals surface area contributed by atoms with Gasteiger partial charge in [0, 0.05) is 25.0 Å². The van der Waals surface area contributed by atoms with Crippen molar-refractivity contribution >= 4 is 11.9 Å². The lowest BCUT2D eigenvalue weighted by atomic mass is 10.3. The van der Waals surface area contributed by atoms with Gasteiger partial charge in [-0.3, -0.25) is 0 Å². The Labute approximate surface area is 115 Å². The maximum Gasteiger partial charge on any atom is 0.330 e. The fraction of sp³-hybridized carbons (Fsp3) is 0.571. The highest BCUT2D eigenvalue weighted by Gasteiger charge is 2.14. The molecule has 0 saturated carbocycles. The van der Waals surface area contributed by atoms with E-state index < -0.39 is 0 Å². The number of esters is 2. The van der Waals surface area contributed by atoms with E-state index >= 15 is 0 Å². The normalized spacial score (nSPS) is 10.6. The van der Waals surface area contributed by atoms with Crippen LogP contribution in [0.1, 0.15) is 12.8 Å². The van der Waals surface area contributed by atoms with Crippen molar-refractivity contribution in [3.05, 3.63) is 25.3 Å². The number of nitrogens with zero attached hydrogens (tertiary/aromatic N) is 1. The van der Waals surface area contributed by atoms with Crippen LogP contribution in [0.4, 0.5) is 0 Å². The molecule has 5 heteroatoms. The maximum atomic E-state index is 10.8. The van der Waals surface area contributed by atoms with Crippen LogP contribution in [0.5, 0.6) is 0 Å². The van der Waals surface area contributed by atoms with Gasteiger partial charge in [0.2, 0.25) is 0 Å². The molecule has 0 amide bonds. The van der Waals surface area contributed by atoms with Crippen molar-refractivity contribution < 1.29 is 23.5 Å². The van der Waals surface area contributed by atoms with E-state index in [1.54, 1.807) is 0 Å². The molecule has 0 aliphatic carbocycles. The van der Waals surface area contributed by atoms with Crippen LogP contribution in [0.25, 0.3) is 0 Å². The lowest BCUT2D eigenvalue weighted by molar-refractivity contribution is -0.890. The van der Waals surface area contributed by atoms with Gasteiger partial charge in [0.1, 0.15) is 0 Å². The maximum absolute atomic E-state index is 10.8. The minimum atomic E-state index is -0.387. The molecule has 0 aromatic carbocycles. The molecule has 0 heterocycles. The second-order valence-corrected chi connectivity index (χ2v) is 4.83. The van der Waals surface area contributed by atoms with E-state index in [-0.39, 0.29) is 11.9 Å². The minimum absolute atomic E-state index is 0.387. The van der Waals surface area contributed by atoms with Crippen LogP contribution in [0.15, 0.2) is 25.3 Å². The summed E-state index contributed by atoms with van der Waals surface area (Å²) in [6.45, 7) is 9.24. The Morgan fingerprint density at radius 1 is 0.947 bits per heavy atom. The van der Waals surface area contributed by atoms with E-state index in [1.165, 1.54) is 0 Å². The third-order valence-electron chi connectivity index (χ3n) is 2.64. The molecule has 0 fully saturated rings. The lowest BCUT2D eigenvalue weighted by Gasteiger charge is -2.29. The summed E-state index contributed by atoms with van der Waals surface area (Å²) in [6, 6.07) is 0. The van der Waals surface area contributed by atoms with Crippen molar-refractivity contribution in [1.82, 2.24) is 0 Å². The van der Waals surface area contributed by atoms with E-state index in [0.29, 0.717) is 13.2 Å². The summed E-state index contributed by atoms with van der Waals surface area (Å²) in [5.74, 6) is -0.775. The molecule has 0 aliphatic heterocycles. The number of hydrogen-bond acceptors (Lipinski definition) is 4. The van der Waals surface area contributed by atoms with Gasteiger partial charge < -0.3 is 14.0 Å². The zero-order chi connectivity index (χ0) is 14.7. The first-order chi connectivity index (χ1) is 8.91. The average Bonchev–Trinajstić information content (AvgIpc) is 2.39. The molecule has 0 bridgehead atoms. The third kappa shape index (κ3) is 10.0. The molecule has 108 valence electrons. The van der Waals surface area contributed by atoms with Crippen LogP contribution in [-0.2, 0) is 19.1 Å². The molecule has 5 nitrogen and oxygen atoms in total. The Hall–Kier alpha value is -1.62. The highest BCUT2D eigenvalue weighted by molar-refractivity contribution is 5.81. The summed E-state index contributed by atoms with van der Waals surface area (Å²) in [5, 5.41) is 0. The fourth-order valence-corrected chi connectivity index (χ4v) is 1.56. The second-order valence-electron chi connectivity index (χ2n) is 4.83. The monoisotopic (exact) mass is 270 g/mol. The molecule has 0 aromatic rings. The first-order valence-corrected chi connectivity index (χ1v) is 6.31. The number of carbonyl (C=O) groups is 2. The average molecular weight is 270 g/mol. The van der Waals surface area contributed by atoms with Crippen LogP contribution in [0.3, 0.4) is 0 Å². The van der Waals surface area contributed by atoms with Gasteiger partial charge in [-0.15, -0.1) is 0 Å². The summed E-state index contributed by atoms with van der Waals surface area (Å²) in [6.07, 6.45) is 3.90. The fourth-order valence-electron chi connectivity index (χ4n) is 1.56. The van der Waals surface area contributed by atoms with Crippen LogP contribution in [0.2, 0.25) is 0 Å². The largest absolute Gasteiger partial charge is 0.462 e. The number of ether oxygens (including phenoxy) is 2. The lowest BCUT2D eigenvalue weighted by Crippen LogP contribution is -2.42. The molecule has 0 saturated heterocycles. The predicted octanol–water partition coefficient (Wildman–Crippen LogP) is 1.30. The van der Waals surface area contributed by atoms with Crippen LogP contribution >= 0.6 is 0 Å². The van der Waals surface area contributed by atoms with Crippen molar-refractivity contribution in [3.8, 4) is 0 Å². The molecule has 0 unspecified atom stereocenters. The van der Waals surface area contributed by atoms with Gasteiger partial charge in [0.25, 0.3) is 0 Å². The molecular weight excluding hydrogens is 246 g/mol. The highest BCUT2D eigenvalue weighted by Crippen LogP contribution is 2.02. The second kappa shape index (κ2) is 9.33. The topological polar surface area (TPSA) is 52.6 Å². The zero-order valence-corrected chi connectivity index (χ0v) is 11.9. The van der Waals surface area contributed by atoms with Gasteiger partial charge in [0.05, 0.1) is 40.4 Å². The smallest absolute Gasteiger partial charge is 0.330 e. The van der Waals surface area contributed by atoms with Gasteiger partial charge in [-0.25, -0.2) is 9.59 Å². The van der Waals surface area contributed by atoms with Crippen molar-refractivity contribution in [3.63, 3.8) is 0 Å². The summed E-state index contributed by atoms with van der Waals surface area (Å²) < 4.78 is 10.6. The Morgan fingerprint density at radius 3 is 1.63 bits per heavy atom. The van der Waals surface area contributed by atoms with Crippen LogP contribution < -0.4 is 0 Å². The predicted molar refractivity (Wildman–Crippen MR) is 73.4 cm³/mol. The summed E-state index contributed by atoms with van der Waals surface area (Å²) in [4.78, 5) is 21.7. The van der Waals surface area contributed by atoms with Crippen molar-refractivity contribution in [2.24, 2.45) is 0 Å². The van der Waals surface area contributed by atoms with Crippen molar-refractivity contribution in [2.75, 3.05) is 40.4 Å². The molecule has 0 rings (SSSR count). The van der Waals surface area contributed by atoms with Gasteiger partial charge in [0.15, 0.2) is 0 Å². The molecule has 0 aliphatic rings. The summed E-state index contributed by atoms with van der Waals surface area (Å²) in [7, 11) is 4.18. The molecule has 19 heavy (non-hydrogen) atoms. The highest BCUT2D eigenvalue weighted by atomic mass is 16.5. The quantitative estimate of drug-likeness (QED) is 0.260. The van der Waals surface area contributed by atoms with Crippen molar-refractivity contribution in [1.29, 1.82) is 0 Å². The molecule has 0 radical (unpaired) electrons. The Balaban J connectivity index is 3.67. The molecule has 0 aromatic heterocycles. The first kappa shape index (κ1) is 17.4. The van der Waals surface area contributed by atoms with E-state index in [2.05, 4.69) is 27.3 Å². The van der Waals surface area contributed by atoms with Gasteiger partial charge in [-0.2, -0.15) is 0 Å². The van der Waals surface area contributed by atoms with E-state index in [1.807, 2.05) is 0 Å². The SMILES string of the molecule is C=CC(=O)OCCC[N+](C)(C)CCCOC(=O)C=C. The molecular formula is C14H24NO4+. The Kier molecular flexibility index (Phi) is 8.53. The van der Waals surface area contributed by atoms with Crippen molar-refractivity contribution in [2.45, 2.75) is 12.8 Å². The molecule has 0 N–H and O–H groups in total. The number of carbonyl (C=O) groups excluding carboxylic acids is 2. The molecule has 0 atom stereocenters. The standard InChI is InChI=1S/C14H24NO4/c1-5-13(16)18-11-7-9-15(3,4)10-8-12-19-14(17)6-2/h5-6H,1-2,7-12H2,3-4H3/q+1.